The van der Waals surface area contributed by atoms with Gasteiger partial charge in [0.15, 0.2) is 5.75 Å². The summed E-state index contributed by atoms with van der Waals surface area (Å²) < 4.78 is 5.69. The van der Waals surface area contributed by atoms with E-state index in [1.165, 1.54) is 0 Å². The van der Waals surface area contributed by atoms with Crippen LogP contribution in [0.15, 0.2) is 54.7 Å². The molecule has 2 aliphatic rings. The highest BCUT2D eigenvalue weighted by Gasteiger charge is 2.69. The van der Waals surface area contributed by atoms with Crippen LogP contribution in [0.5, 0.6) is 5.75 Å². The van der Waals surface area contributed by atoms with E-state index >= 15 is 0 Å². The van der Waals surface area contributed by atoms with Gasteiger partial charge in [-0.2, -0.15) is 5.26 Å². The van der Waals surface area contributed by atoms with Gasteiger partial charge in [-0.3, -0.25) is 15.2 Å². The maximum atomic E-state index is 13.3. The molecule has 1 spiro atoms. The van der Waals surface area contributed by atoms with Gasteiger partial charge < -0.3 is 10.1 Å². The van der Waals surface area contributed by atoms with Gasteiger partial charge in [-0.05, 0) is 17.7 Å². The third-order valence-corrected chi connectivity index (χ3v) is 5.78. The quantitative estimate of drug-likeness (QED) is 0.589. The topological polar surface area (TPSA) is 98.9 Å². The molecule has 0 aliphatic carbocycles. The molecule has 6 nitrogen and oxygen atoms in total. The van der Waals surface area contributed by atoms with Crippen molar-refractivity contribution < 1.29 is 9.53 Å². The van der Waals surface area contributed by atoms with Gasteiger partial charge in [0.1, 0.15) is 10.9 Å². The van der Waals surface area contributed by atoms with Crippen LogP contribution in [0.2, 0.25) is 0 Å². The molecule has 130 valence electrons. The SMILES string of the molecule is N#CC1(Cl)C(=N)Oc2c(ccc3cccnc23)C12C(=O)Nc1ccccc12. The Hall–Kier alpha value is -3.43. The number of halogens is 1. The summed E-state index contributed by atoms with van der Waals surface area (Å²) in [5.74, 6) is -0.689. The van der Waals surface area contributed by atoms with E-state index < -0.39 is 22.1 Å². The molecule has 2 aliphatic heterocycles. The lowest BCUT2D eigenvalue weighted by Crippen LogP contribution is -2.60. The molecule has 3 heterocycles. The molecule has 5 rings (SSSR count). The van der Waals surface area contributed by atoms with Gasteiger partial charge in [0.25, 0.3) is 0 Å². The molecule has 2 atom stereocenters. The van der Waals surface area contributed by atoms with E-state index in [-0.39, 0.29) is 5.75 Å². The number of para-hydroxylation sites is 1. The molecule has 0 radical (unpaired) electrons. The standard InChI is InChI=1S/C20H11ClN4O2/c21-19(10-22)17(23)27-16-13(8-7-11-4-3-9-24-15(11)16)20(19)12-5-1-2-6-14(12)25-18(20)26/h1-9,23H,(H,25,26). The second-order valence-corrected chi connectivity index (χ2v) is 7.04. The fraction of sp³-hybridized carbons (Fsp3) is 0.100. The molecule has 2 unspecified atom stereocenters. The summed E-state index contributed by atoms with van der Waals surface area (Å²) in [5.41, 5.74) is 0.411. The predicted octanol–water partition coefficient (Wildman–Crippen LogP) is 3.34. The molecule has 1 amide bonds. The number of anilines is 1. The maximum Gasteiger partial charge on any atom is 0.243 e. The molecule has 0 fully saturated rings. The summed E-state index contributed by atoms with van der Waals surface area (Å²) in [4.78, 5) is 15.6. The number of nitrogens with zero attached hydrogens (tertiary/aromatic N) is 2. The van der Waals surface area contributed by atoms with Crippen LogP contribution in [0.3, 0.4) is 0 Å². The number of fused-ring (bicyclic) bond motifs is 6. The highest BCUT2D eigenvalue weighted by molar-refractivity contribution is 6.42. The number of alkyl halides is 1. The van der Waals surface area contributed by atoms with Crippen molar-refractivity contribution >= 4 is 40.0 Å². The zero-order valence-electron chi connectivity index (χ0n) is 13.8. The smallest absolute Gasteiger partial charge is 0.243 e. The minimum Gasteiger partial charge on any atom is -0.438 e. The Bertz CT molecular complexity index is 1220. The Labute approximate surface area is 158 Å². The molecule has 7 heteroatoms. The molecule has 1 aromatic heterocycles. The summed E-state index contributed by atoms with van der Waals surface area (Å²) in [6, 6.07) is 16.2. The summed E-state index contributed by atoms with van der Waals surface area (Å²) in [7, 11) is 0. The van der Waals surface area contributed by atoms with Crippen molar-refractivity contribution in [3.63, 3.8) is 0 Å². The number of amides is 1. The van der Waals surface area contributed by atoms with E-state index in [0.717, 1.165) is 5.39 Å². The lowest BCUT2D eigenvalue weighted by molar-refractivity contribution is -0.120. The largest absolute Gasteiger partial charge is 0.438 e. The van der Waals surface area contributed by atoms with Gasteiger partial charge in [-0.15, -0.1) is 0 Å². The minimum absolute atomic E-state index is 0.275. The van der Waals surface area contributed by atoms with Crippen LogP contribution in [0.1, 0.15) is 11.1 Å². The number of hydrogen-bond donors (Lipinski definition) is 2. The maximum absolute atomic E-state index is 13.3. The summed E-state index contributed by atoms with van der Waals surface area (Å²) in [6.07, 6.45) is 1.61. The lowest BCUT2D eigenvalue weighted by Gasteiger charge is -2.42. The first-order valence-corrected chi connectivity index (χ1v) is 8.58. The van der Waals surface area contributed by atoms with E-state index in [1.54, 1.807) is 42.6 Å². The van der Waals surface area contributed by atoms with E-state index in [9.17, 15) is 10.1 Å². The normalized spacial score (nSPS) is 25.5. The van der Waals surface area contributed by atoms with Crippen LogP contribution in [-0.4, -0.2) is 21.7 Å². The van der Waals surface area contributed by atoms with Crippen molar-refractivity contribution in [1.29, 1.82) is 10.7 Å². The molecule has 0 bridgehead atoms. The Kier molecular flexibility index (Phi) is 2.96. The summed E-state index contributed by atoms with van der Waals surface area (Å²) in [6.45, 7) is 0. The molecule has 0 saturated carbocycles. The molecule has 2 N–H and O–H groups in total. The Morgan fingerprint density at radius 3 is 2.78 bits per heavy atom. The lowest BCUT2D eigenvalue weighted by atomic mass is 9.64. The molecule has 0 saturated heterocycles. The van der Waals surface area contributed by atoms with Gasteiger partial charge in [-0.1, -0.05) is 48.0 Å². The summed E-state index contributed by atoms with van der Waals surface area (Å²) >= 11 is 6.68. The molecule has 2 aromatic carbocycles. The number of nitrogens with one attached hydrogen (secondary N) is 2. The van der Waals surface area contributed by atoms with Gasteiger partial charge in [-0.25, -0.2) is 0 Å². The summed E-state index contributed by atoms with van der Waals surface area (Å²) in [5, 5.41) is 21.9. The van der Waals surface area contributed by atoms with Gasteiger partial charge in [0.05, 0.1) is 6.07 Å². The number of carbonyl (C=O) groups excluding carboxylic acids is 1. The van der Waals surface area contributed by atoms with E-state index in [1.807, 2.05) is 18.2 Å². The molecular weight excluding hydrogens is 364 g/mol. The highest BCUT2D eigenvalue weighted by atomic mass is 35.5. The van der Waals surface area contributed by atoms with Crippen molar-refractivity contribution in [2.45, 2.75) is 10.3 Å². The van der Waals surface area contributed by atoms with E-state index in [2.05, 4.69) is 10.3 Å². The monoisotopic (exact) mass is 374 g/mol. The highest BCUT2D eigenvalue weighted by Crippen LogP contribution is 2.58. The number of nitriles is 1. The second-order valence-electron chi connectivity index (χ2n) is 6.47. The van der Waals surface area contributed by atoms with Gasteiger partial charge in [0, 0.05) is 22.8 Å². The first-order valence-electron chi connectivity index (χ1n) is 8.20. The van der Waals surface area contributed by atoms with E-state index in [0.29, 0.717) is 22.3 Å². The Morgan fingerprint density at radius 1 is 1.15 bits per heavy atom. The van der Waals surface area contributed by atoms with Gasteiger partial charge >= 0.3 is 0 Å². The van der Waals surface area contributed by atoms with Crippen LogP contribution in [0.4, 0.5) is 5.69 Å². The number of aromatic nitrogens is 1. The first-order chi connectivity index (χ1) is 13.0. The van der Waals surface area contributed by atoms with Crippen molar-refractivity contribution in [1.82, 2.24) is 4.98 Å². The third kappa shape index (κ3) is 1.67. The molecule has 3 aromatic rings. The predicted molar refractivity (Wildman–Crippen MR) is 100 cm³/mol. The van der Waals surface area contributed by atoms with E-state index in [4.69, 9.17) is 21.7 Å². The zero-order valence-corrected chi connectivity index (χ0v) is 14.5. The van der Waals surface area contributed by atoms with Crippen LogP contribution < -0.4 is 10.1 Å². The first kappa shape index (κ1) is 15.8. The Morgan fingerprint density at radius 2 is 1.96 bits per heavy atom. The van der Waals surface area contributed by atoms with Crippen molar-refractivity contribution in [3.8, 4) is 11.8 Å². The average Bonchev–Trinajstić information content (AvgIpc) is 2.99. The fourth-order valence-electron chi connectivity index (χ4n) is 4.05. The van der Waals surface area contributed by atoms with Crippen LogP contribution in [-0.2, 0) is 10.2 Å². The number of pyridine rings is 1. The van der Waals surface area contributed by atoms with Crippen LogP contribution in [0, 0.1) is 16.7 Å². The number of carbonyl (C=O) groups is 1. The number of ether oxygens (including phenoxy) is 1. The average molecular weight is 375 g/mol. The number of rotatable bonds is 0. The minimum atomic E-state index is -2.03. The van der Waals surface area contributed by atoms with Crippen LogP contribution >= 0.6 is 11.6 Å². The third-order valence-electron chi connectivity index (χ3n) is 5.24. The van der Waals surface area contributed by atoms with Gasteiger partial charge in [0.2, 0.25) is 16.7 Å². The second kappa shape index (κ2) is 5.06. The van der Waals surface area contributed by atoms with Crippen molar-refractivity contribution in [2.75, 3.05) is 5.32 Å². The Balaban J connectivity index is 1.99. The van der Waals surface area contributed by atoms with Crippen molar-refractivity contribution in [3.05, 3.63) is 65.9 Å². The number of benzene rings is 2. The molecule has 27 heavy (non-hydrogen) atoms. The van der Waals surface area contributed by atoms with Crippen LogP contribution in [0.25, 0.3) is 10.9 Å². The molecular formula is C20H11ClN4O2. The fourth-order valence-corrected chi connectivity index (χ4v) is 4.37. The zero-order chi connectivity index (χ0) is 18.8. The van der Waals surface area contributed by atoms with Crippen molar-refractivity contribution in [2.24, 2.45) is 0 Å². The number of hydrogen-bond acceptors (Lipinski definition) is 5.